The van der Waals surface area contributed by atoms with E-state index < -0.39 is 0 Å². The zero-order valence-electron chi connectivity index (χ0n) is 15.1. The fourth-order valence-corrected chi connectivity index (χ4v) is 3.89. The van der Waals surface area contributed by atoms with Crippen LogP contribution < -0.4 is 4.74 Å². The van der Waals surface area contributed by atoms with Crippen molar-refractivity contribution in [2.75, 3.05) is 6.61 Å². The highest BCUT2D eigenvalue weighted by Crippen LogP contribution is 2.22. The Bertz CT molecular complexity index is 1020. The molecule has 0 amide bonds. The van der Waals surface area contributed by atoms with E-state index in [4.69, 9.17) is 9.72 Å². The summed E-state index contributed by atoms with van der Waals surface area (Å²) in [5, 5.41) is 2.12. The van der Waals surface area contributed by atoms with Crippen molar-refractivity contribution in [1.82, 2.24) is 9.55 Å². The second kappa shape index (κ2) is 7.34. The molecular formula is C22H22N2OS. The highest BCUT2D eigenvalue weighted by Gasteiger charge is 2.12. The number of aryl methyl sites for hydroxylation is 2. The summed E-state index contributed by atoms with van der Waals surface area (Å²) in [6.07, 6.45) is 0.857. The van der Waals surface area contributed by atoms with E-state index in [-0.39, 0.29) is 0 Å². The molecular weight excluding hydrogens is 340 g/mol. The van der Waals surface area contributed by atoms with E-state index in [1.807, 2.05) is 6.07 Å². The molecule has 4 heteroatoms. The van der Waals surface area contributed by atoms with Gasteiger partial charge in [-0.2, -0.15) is 0 Å². The number of ether oxygens (including phenoxy) is 1. The summed E-state index contributed by atoms with van der Waals surface area (Å²) >= 11 is 1.78. The van der Waals surface area contributed by atoms with Gasteiger partial charge in [0.05, 0.1) is 17.6 Å². The van der Waals surface area contributed by atoms with Gasteiger partial charge < -0.3 is 9.30 Å². The zero-order valence-corrected chi connectivity index (χ0v) is 15.9. The first-order chi connectivity index (χ1) is 12.7. The number of nitrogens with zero attached hydrogens (tertiary/aromatic N) is 2. The highest BCUT2D eigenvalue weighted by atomic mass is 32.1. The third-order valence-electron chi connectivity index (χ3n) is 4.56. The molecule has 0 bridgehead atoms. The number of rotatable bonds is 6. The Kier molecular flexibility index (Phi) is 4.76. The Morgan fingerprint density at radius 3 is 2.77 bits per heavy atom. The maximum absolute atomic E-state index is 6.08. The molecule has 0 N–H and O–H groups in total. The molecule has 132 valence electrons. The number of imidazole rings is 1. The van der Waals surface area contributed by atoms with Crippen molar-refractivity contribution in [1.29, 1.82) is 0 Å². The van der Waals surface area contributed by atoms with Crippen LogP contribution in [0.3, 0.4) is 0 Å². The molecule has 0 atom stereocenters. The van der Waals surface area contributed by atoms with Gasteiger partial charge in [-0.25, -0.2) is 4.98 Å². The number of benzene rings is 2. The van der Waals surface area contributed by atoms with Gasteiger partial charge in [-0.05, 0) is 54.6 Å². The summed E-state index contributed by atoms with van der Waals surface area (Å²) in [6.45, 7) is 5.59. The van der Waals surface area contributed by atoms with Crippen LogP contribution in [0.25, 0.3) is 11.0 Å². The van der Waals surface area contributed by atoms with Gasteiger partial charge in [0, 0.05) is 11.3 Å². The van der Waals surface area contributed by atoms with E-state index in [1.165, 1.54) is 21.5 Å². The lowest BCUT2D eigenvalue weighted by Crippen LogP contribution is -2.12. The standard InChI is InChI=1S/C22H22N2OS/c1-16-9-10-17(2)21(14-16)25-12-11-24-20-8-4-3-7-19(20)23-22(24)15-18-6-5-13-26-18/h3-10,13-14H,11-12,15H2,1-2H3. The van der Waals surface area contributed by atoms with Gasteiger partial charge in [-0.15, -0.1) is 11.3 Å². The molecule has 2 aromatic heterocycles. The Hall–Kier alpha value is -2.59. The number of hydrogen-bond donors (Lipinski definition) is 0. The van der Waals surface area contributed by atoms with E-state index in [2.05, 4.69) is 72.3 Å². The van der Waals surface area contributed by atoms with Gasteiger partial charge in [0.2, 0.25) is 0 Å². The van der Waals surface area contributed by atoms with Crippen LogP contribution in [-0.4, -0.2) is 16.2 Å². The second-order valence-corrected chi connectivity index (χ2v) is 7.57. The normalized spacial score (nSPS) is 11.2. The Labute approximate surface area is 157 Å². The van der Waals surface area contributed by atoms with Crippen LogP contribution in [0, 0.1) is 13.8 Å². The zero-order chi connectivity index (χ0) is 17.9. The summed E-state index contributed by atoms with van der Waals surface area (Å²) in [4.78, 5) is 6.19. The number of para-hydroxylation sites is 2. The average molecular weight is 362 g/mol. The van der Waals surface area contributed by atoms with Gasteiger partial charge in [0.1, 0.15) is 18.2 Å². The molecule has 0 radical (unpaired) electrons. The fourth-order valence-electron chi connectivity index (χ4n) is 3.19. The van der Waals surface area contributed by atoms with E-state index in [0.29, 0.717) is 6.61 Å². The third kappa shape index (κ3) is 3.51. The first-order valence-electron chi connectivity index (χ1n) is 8.87. The first-order valence-corrected chi connectivity index (χ1v) is 9.75. The lowest BCUT2D eigenvalue weighted by molar-refractivity contribution is 0.296. The minimum atomic E-state index is 0.627. The molecule has 0 spiro atoms. The molecule has 0 saturated heterocycles. The largest absolute Gasteiger partial charge is 0.491 e. The number of thiophene rings is 1. The average Bonchev–Trinajstić information content (AvgIpc) is 3.26. The van der Waals surface area contributed by atoms with E-state index in [1.54, 1.807) is 11.3 Å². The molecule has 0 aliphatic heterocycles. The predicted molar refractivity (Wildman–Crippen MR) is 108 cm³/mol. The number of aromatic nitrogens is 2. The van der Waals surface area contributed by atoms with Crippen molar-refractivity contribution in [3.8, 4) is 5.75 Å². The predicted octanol–water partition coefficient (Wildman–Crippen LogP) is 5.38. The molecule has 2 aromatic carbocycles. The molecule has 0 saturated carbocycles. The lowest BCUT2D eigenvalue weighted by atomic mass is 10.1. The monoisotopic (exact) mass is 362 g/mol. The molecule has 2 heterocycles. The summed E-state index contributed by atoms with van der Waals surface area (Å²) in [6, 6.07) is 18.9. The summed E-state index contributed by atoms with van der Waals surface area (Å²) in [5.74, 6) is 2.06. The van der Waals surface area contributed by atoms with Crippen molar-refractivity contribution in [2.24, 2.45) is 0 Å². The van der Waals surface area contributed by atoms with Crippen LogP contribution in [0.5, 0.6) is 5.75 Å². The lowest BCUT2D eigenvalue weighted by Gasteiger charge is -2.12. The van der Waals surface area contributed by atoms with Gasteiger partial charge >= 0.3 is 0 Å². The highest BCUT2D eigenvalue weighted by molar-refractivity contribution is 7.09. The Morgan fingerprint density at radius 1 is 1.04 bits per heavy atom. The van der Waals surface area contributed by atoms with E-state index in [9.17, 15) is 0 Å². The topological polar surface area (TPSA) is 27.1 Å². The van der Waals surface area contributed by atoms with Crippen LogP contribution in [0.2, 0.25) is 0 Å². The van der Waals surface area contributed by atoms with Crippen LogP contribution in [-0.2, 0) is 13.0 Å². The summed E-state index contributed by atoms with van der Waals surface area (Å²) in [5.41, 5.74) is 4.61. The quantitative estimate of drug-likeness (QED) is 0.460. The van der Waals surface area contributed by atoms with Crippen molar-refractivity contribution in [3.05, 3.63) is 81.8 Å². The van der Waals surface area contributed by atoms with Crippen molar-refractivity contribution in [3.63, 3.8) is 0 Å². The number of fused-ring (bicyclic) bond motifs is 1. The Balaban J connectivity index is 1.57. The minimum Gasteiger partial charge on any atom is -0.491 e. The van der Waals surface area contributed by atoms with E-state index >= 15 is 0 Å². The molecule has 0 fully saturated rings. The maximum Gasteiger partial charge on any atom is 0.122 e. The Morgan fingerprint density at radius 2 is 1.92 bits per heavy atom. The molecule has 0 aliphatic carbocycles. The minimum absolute atomic E-state index is 0.627. The maximum atomic E-state index is 6.08. The summed E-state index contributed by atoms with van der Waals surface area (Å²) in [7, 11) is 0. The van der Waals surface area contributed by atoms with Crippen molar-refractivity contribution in [2.45, 2.75) is 26.8 Å². The van der Waals surface area contributed by atoms with Crippen molar-refractivity contribution < 1.29 is 4.74 Å². The van der Waals surface area contributed by atoms with Gasteiger partial charge in [-0.3, -0.25) is 0 Å². The third-order valence-corrected chi connectivity index (χ3v) is 5.44. The second-order valence-electron chi connectivity index (χ2n) is 6.54. The van der Waals surface area contributed by atoms with Crippen LogP contribution in [0.15, 0.2) is 60.0 Å². The van der Waals surface area contributed by atoms with Gasteiger partial charge in [0.15, 0.2) is 0 Å². The first kappa shape index (κ1) is 16.9. The molecule has 0 aliphatic rings. The van der Waals surface area contributed by atoms with E-state index in [0.717, 1.165) is 30.1 Å². The van der Waals surface area contributed by atoms with Gasteiger partial charge in [-0.1, -0.05) is 30.3 Å². The molecule has 0 unspecified atom stereocenters. The van der Waals surface area contributed by atoms with Crippen LogP contribution >= 0.6 is 11.3 Å². The molecule has 4 aromatic rings. The fraction of sp³-hybridized carbons (Fsp3) is 0.227. The van der Waals surface area contributed by atoms with Crippen LogP contribution in [0.1, 0.15) is 21.8 Å². The summed E-state index contributed by atoms with van der Waals surface area (Å²) < 4.78 is 8.38. The SMILES string of the molecule is Cc1ccc(C)c(OCCn2c(Cc3cccs3)nc3ccccc32)c1. The molecule has 4 rings (SSSR count). The molecule has 3 nitrogen and oxygen atoms in total. The van der Waals surface area contributed by atoms with Crippen molar-refractivity contribution >= 4 is 22.4 Å². The smallest absolute Gasteiger partial charge is 0.122 e. The number of hydrogen-bond acceptors (Lipinski definition) is 3. The van der Waals surface area contributed by atoms with Gasteiger partial charge in [0.25, 0.3) is 0 Å². The molecule has 26 heavy (non-hydrogen) atoms. The van der Waals surface area contributed by atoms with Crippen LogP contribution in [0.4, 0.5) is 0 Å².